The SMILES string of the molecule is CC1CCN(c2ccnc3ccccc23)C1CN. The lowest BCUT2D eigenvalue weighted by atomic mass is 10.0. The van der Waals surface area contributed by atoms with Gasteiger partial charge < -0.3 is 10.6 Å². The maximum absolute atomic E-state index is 5.94. The highest BCUT2D eigenvalue weighted by molar-refractivity contribution is 5.91. The Hall–Kier alpha value is -1.61. The van der Waals surface area contributed by atoms with Gasteiger partial charge in [0.2, 0.25) is 0 Å². The lowest BCUT2D eigenvalue weighted by Gasteiger charge is -2.28. The minimum Gasteiger partial charge on any atom is -0.366 e. The molecule has 2 heterocycles. The van der Waals surface area contributed by atoms with Crippen molar-refractivity contribution in [1.82, 2.24) is 4.98 Å². The predicted molar refractivity (Wildman–Crippen MR) is 75.7 cm³/mol. The van der Waals surface area contributed by atoms with Crippen LogP contribution in [0.4, 0.5) is 5.69 Å². The minimum atomic E-state index is 0.454. The van der Waals surface area contributed by atoms with Gasteiger partial charge >= 0.3 is 0 Å². The highest BCUT2D eigenvalue weighted by Gasteiger charge is 2.30. The van der Waals surface area contributed by atoms with E-state index in [0.717, 1.165) is 18.6 Å². The van der Waals surface area contributed by atoms with Crippen LogP contribution >= 0.6 is 0 Å². The molecule has 3 nitrogen and oxygen atoms in total. The first kappa shape index (κ1) is 11.5. The maximum atomic E-state index is 5.94. The second-order valence-corrected chi connectivity index (χ2v) is 5.11. The van der Waals surface area contributed by atoms with Crippen molar-refractivity contribution < 1.29 is 0 Å². The summed E-state index contributed by atoms with van der Waals surface area (Å²) in [5, 5.41) is 1.23. The summed E-state index contributed by atoms with van der Waals surface area (Å²) in [7, 11) is 0. The predicted octanol–water partition coefficient (Wildman–Crippen LogP) is 2.41. The number of benzene rings is 1. The summed E-state index contributed by atoms with van der Waals surface area (Å²) in [5.74, 6) is 0.668. The van der Waals surface area contributed by atoms with Crippen molar-refractivity contribution in [3.05, 3.63) is 36.5 Å². The van der Waals surface area contributed by atoms with E-state index in [1.807, 2.05) is 12.3 Å². The second kappa shape index (κ2) is 4.58. The van der Waals surface area contributed by atoms with Gasteiger partial charge in [-0.05, 0) is 24.5 Å². The third-order valence-electron chi connectivity index (χ3n) is 4.06. The number of pyridine rings is 1. The second-order valence-electron chi connectivity index (χ2n) is 5.11. The number of para-hydroxylation sites is 1. The summed E-state index contributed by atoms with van der Waals surface area (Å²) in [6.07, 6.45) is 3.12. The van der Waals surface area contributed by atoms with E-state index in [4.69, 9.17) is 5.73 Å². The zero-order chi connectivity index (χ0) is 12.5. The molecule has 1 aliphatic rings. The van der Waals surface area contributed by atoms with Gasteiger partial charge in [0, 0.05) is 36.4 Å². The van der Waals surface area contributed by atoms with E-state index < -0.39 is 0 Å². The number of hydrogen-bond donors (Lipinski definition) is 1. The van der Waals surface area contributed by atoms with Crippen LogP contribution < -0.4 is 10.6 Å². The fourth-order valence-corrected chi connectivity index (χ4v) is 3.00. The number of anilines is 1. The molecule has 2 unspecified atom stereocenters. The van der Waals surface area contributed by atoms with Gasteiger partial charge in [-0.1, -0.05) is 25.1 Å². The monoisotopic (exact) mass is 241 g/mol. The van der Waals surface area contributed by atoms with Crippen LogP contribution in [-0.4, -0.2) is 24.1 Å². The molecule has 0 radical (unpaired) electrons. The molecular formula is C15H19N3. The molecule has 2 aromatic rings. The lowest BCUT2D eigenvalue weighted by Crippen LogP contribution is -2.38. The molecule has 18 heavy (non-hydrogen) atoms. The van der Waals surface area contributed by atoms with Gasteiger partial charge in [-0.2, -0.15) is 0 Å². The molecule has 0 bridgehead atoms. The van der Waals surface area contributed by atoms with Crippen LogP contribution in [0, 0.1) is 5.92 Å². The third-order valence-corrected chi connectivity index (χ3v) is 4.06. The van der Waals surface area contributed by atoms with Gasteiger partial charge in [-0.3, -0.25) is 4.98 Å². The number of nitrogens with two attached hydrogens (primary N) is 1. The standard InChI is InChI=1S/C15H19N3/c1-11-7-9-18(15(11)10-16)14-6-8-17-13-5-3-2-4-12(13)14/h2-6,8,11,15H,7,9-10,16H2,1H3. The van der Waals surface area contributed by atoms with Crippen LogP contribution in [0.25, 0.3) is 10.9 Å². The number of hydrogen-bond acceptors (Lipinski definition) is 3. The first-order valence-corrected chi connectivity index (χ1v) is 6.61. The molecule has 0 aliphatic carbocycles. The van der Waals surface area contributed by atoms with E-state index in [2.05, 4.69) is 41.1 Å². The Balaban J connectivity index is 2.09. The molecule has 3 heteroatoms. The number of fused-ring (bicyclic) bond motifs is 1. The molecule has 94 valence electrons. The van der Waals surface area contributed by atoms with E-state index in [9.17, 15) is 0 Å². The summed E-state index contributed by atoms with van der Waals surface area (Å²) in [6, 6.07) is 10.9. The molecule has 0 amide bonds. The summed E-state index contributed by atoms with van der Waals surface area (Å²) >= 11 is 0. The minimum absolute atomic E-state index is 0.454. The first-order valence-electron chi connectivity index (χ1n) is 6.61. The highest BCUT2D eigenvalue weighted by atomic mass is 15.2. The van der Waals surface area contributed by atoms with Crippen LogP contribution in [0.3, 0.4) is 0 Å². The molecule has 0 spiro atoms. The van der Waals surface area contributed by atoms with Crippen LogP contribution in [0.2, 0.25) is 0 Å². The zero-order valence-corrected chi connectivity index (χ0v) is 10.7. The number of rotatable bonds is 2. The summed E-state index contributed by atoms with van der Waals surface area (Å²) < 4.78 is 0. The Morgan fingerprint density at radius 2 is 2.17 bits per heavy atom. The number of nitrogens with zero attached hydrogens (tertiary/aromatic N) is 2. The van der Waals surface area contributed by atoms with Crippen molar-refractivity contribution in [3.63, 3.8) is 0 Å². The van der Waals surface area contributed by atoms with Crippen molar-refractivity contribution in [1.29, 1.82) is 0 Å². The summed E-state index contributed by atoms with van der Waals surface area (Å²) in [4.78, 5) is 6.88. The van der Waals surface area contributed by atoms with Gasteiger partial charge in [-0.25, -0.2) is 0 Å². The van der Waals surface area contributed by atoms with Crippen molar-refractivity contribution in [2.24, 2.45) is 11.7 Å². The molecular weight excluding hydrogens is 222 g/mol. The Bertz CT molecular complexity index is 547. The highest BCUT2D eigenvalue weighted by Crippen LogP contribution is 2.33. The van der Waals surface area contributed by atoms with Crippen LogP contribution in [0.5, 0.6) is 0 Å². The fourth-order valence-electron chi connectivity index (χ4n) is 3.00. The average Bonchev–Trinajstić information content (AvgIpc) is 2.79. The van der Waals surface area contributed by atoms with Crippen molar-refractivity contribution >= 4 is 16.6 Å². The lowest BCUT2D eigenvalue weighted by molar-refractivity contribution is 0.519. The summed E-state index contributed by atoms with van der Waals surface area (Å²) in [6.45, 7) is 4.11. The summed E-state index contributed by atoms with van der Waals surface area (Å²) in [5.41, 5.74) is 8.28. The van der Waals surface area contributed by atoms with E-state index in [1.165, 1.54) is 17.5 Å². The molecule has 1 fully saturated rings. The van der Waals surface area contributed by atoms with Gasteiger partial charge in [0.25, 0.3) is 0 Å². The molecule has 2 atom stereocenters. The van der Waals surface area contributed by atoms with Gasteiger partial charge in [-0.15, -0.1) is 0 Å². The van der Waals surface area contributed by atoms with Crippen molar-refractivity contribution in [3.8, 4) is 0 Å². The number of aromatic nitrogens is 1. The van der Waals surface area contributed by atoms with Crippen LogP contribution in [0.1, 0.15) is 13.3 Å². The van der Waals surface area contributed by atoms with Crippen molar-refractivity contribution in [2.75, 3.05) is 18.0 Å². The van der Waals surface area contributed by atoms with Crippen LogP contribution in [-0.2, 0) is 0 Å². The molecule has 1 aliphatic heterocycles. The Morgan fingerprint density at radius 3 is 3.00 bits per heavy atom. The molecule has 2 N–H and O–H groups in total. The van der Waals surface area contributed by atoms with E-state index in [1.54, 1.807) is 0 Å². The van der Waals surface area contributed by atoms with E-state index in [0.29, 0.717) is 12.0 Å². The first-order chi connectivity index (χ1) is 8.81. The zero-order valence-electron chi connectivity index (χ0n) is 10.7. The fraction of sp³-hybridized carbons (Fsp3) is 0.400. The normalized spacial score (nSPS) is 23.8. The van der Waals surface area contributed by atoms with Crippen LogP contribution in [0.15, 0.2) is 36.5 Å². The van der Waals surface area contributed by atoms with Gasteiger partial charge in [0.05, 0.1) is 5.52 Å². The van der Waals surface area contributed by atoms with Crippen molar-refractivity contribution in [2.45, 2.75) is 19.4 Å². The topological polar surface area (TPSA) is 42.2 Å². The smallest absolute Gasteiger partial charge is 0.0722 e. The molecule has 0 saturated carbocycles. The molecule has 1 aromatic carbocycles. The third kappa shape index (κ3) is 1.75. The Morgan fingerprint density at radius 1 is 1.33 bits per heavy atom. The Kier molecular flexibility index (Phi) is 2.92. The van der Waals surface area contributed by atoms with Gasteiger partial charge in [0.15, 0.2) is 0 Å². The molecule has 3 rings (SSSR count). The van der Waals surface area contributed by atoms with E-state index in [-0.39, 0.29) is 0 Å². The quantitative estimate of drug-likeness (QED) is 0.878. The largest absolute Gasteiger partial charge is 0.366 e. The molecule has 1 saturated heterocycles. The Labute approximate surface area is 108 Å². The maximum Gasteiger partial charge on any atom is 0.0722 e. The molecule has 1 aromatic heterocycles. The van der Waals surface area contributed by atoms with E-state index >= 15 is 0 Å². The van der Waals surface area contributed by atoms with Gasteiger partial charge in [0.1, 0.15) is 0 Å². The average molecular weight is 241 g/mol.